The lowest BCUT2D eigenvalue weighted by atomic mass is 9.83. The number of nitrogens with one attached hydrogen (secondary N) is 1. The third-order valence-electron chi connectivity index (χ3n) is 3.53. The van der Waals surface area contributed by atoms with Gasteiger partial charge in [-0.25, -0.2) is 0 Å². The van der Waals surface area contributed by atoms with E-state index in [4.69, 9.17) is 4.74 Å². The molecule has 1 aliphatic rings. The molecule has 1 aromatic rings. The summed E-state index contributed by atoms with van der Waals surface area (Å²) in [5, 5.41) is 3.39. The van der Waals surface area contributed by atoms with Gasteiger partial charge in [-0.15, -0.1) is 0 Å². The van der Waals surface area contributed by atoms with Crippen LogP contribution in [0, 0.1) is 20.8 Å². The molecule has 1 aliphatic heterocycles. The van der Waals surface area contributed by atoms with E-state index in [-0.39, 0.29) is 5.54 Å². The normalized spacial score (nSPS) is 18.7. The predicted octanol–water partition coefficient (Wildman–Crippen LogP) is 2.06. The fourth-order valence-electron chi connectivity index (χ4n) is 2.22. The van der Waals surface area contributed by atoms with Gasteiger partial charge in [0, 0.05) is 0 Å². The second-order valence-corrected chi connectivity index (χ2v) is 4.58. The minimum Gasteiger partial charge on any atom is -0.377 e. The first kappa shape index (κ1) is 10.7. The molecule has 1 N–H and O–H groups in total. The van der Waals surface area contributed by atoms with Gasteiger partial charge in [-0.05, 0) is 50.1 Å². The summed E-state index contributed by atoms with van der Waals surface area (Å²) in [5.41, 5.74) is 5.53. The van der Waals surface area contributed by atoms with Gasteiger partial charge in [0.2, 0.25) is 0 Å². The van der Waals surface area contributed by atoms with Gasteiger partial charge in [0.25, 0.3) is 0 Å². The van der Waals surface area contributed by atoms with Crippen LogP contribution in [-0.4, -0.2) is 20.3 Å². The molecule has 1 saturated heterocycles. The number of hydrogen-bond donors (Lipinski definition) is 1. The highest BCUT2D eigenvalue weighted by Crippen LogP contribution is 2.32. The van der Waals surface area contributed by atoms with E-state index >= 15 is 0 Å². The molecule has 0 bridgehead atoms. The van der Waals surface area contributed by atoms with Crippen LogP contribution in [0.2, 0.25) is 0 Å². The van der Waals surface area contributed by atoms with Gasteiger partial charge in [-0.1, -0.05) is 12.1 Å². The summed E-state index contributed by atoms with van der Waals surface area (Å²) in [6.45, 7) is 8.08. The SMILES string of the molecule is CNC1(c2cc(C)c(C)cc2C)COC1. The Labute approximate surface area is 91.6 Å². The number of hydrogen-bond acceptors (Lipinski definition) is 2. The fourth-order valence-corrected chi connectivity index (χ4v) is 2.22. The Bertz CT molecular complexity index is 375. The maximum atomic E-state index is 5.35. The summed E-state index contributed by atoms with van der Waals surface area (Å²) in [6.07, 6.45) is 0. The Kier molecular flexibility index (Phi) is 2.57. The molecule has 2 nitrogen and oxygen atoms in total. The number of likely N-dealkylation sites (N-methyl/N-ethyl adjacent to an activating group) is 1. The van der Waals surface area contributed by atoms with Crippen LogP contribution in [0.3, 0.4) is 0 Å². The first-order valence-corrected chi connectivity index (χ1v) is 5.44. The summed E-state index contributed by atoms with van der Waals surface area (Å²) in [7, 11) is 2.01. The average Bonchev–Trinajstić information content (AvgIpc) is 2.12. The van der Waals surface area contributed by atoms with Crippen LogP contribution in [0.4, 0.5) is 0 Å². The van der Waals surface area contributed by atoms with Crippen LogP contribution in [0.5, 0.6) is 0 Å². The Hall–Kier alpha value is -0.860. The second-order valence-electron chi connectivity index (χ2n) is 4.58. The van der Waals surface area contributed by atoms with Crippen LogP contribution in [-0.2, 0) is 10.3 Å². The van der Waals surface area contributed by atoms with Crippen molar-refractivity contribution in [2.24, 2.45) is 0 Å². The first-order valence-electron chi connectivity index (χ1n) is 5.44. The van der Waals surface area contributed by atoms with Crippen molar-refractivity contribution in [1.29, 1.82) is 0 Å². The van der Waals surface area contributed by atoms with E-state index in [1.54, 1.807) is 0 Å². The Balaban J connectivity index is 2.47. The Morgan fingerprint density at radius 2 is 1.67 bits per heavy atom. The van der Waals surface area contributed by atoms with E-state index in [1.165, 1.54) is 22.3 Å². The molecule has 0 unspecified atom stereocenters. The fraction of sp³-hybridized carbons (Fsp3) is 0.538. The van der Waals surface area contributed by atoms with Crippen molar-refractivity contribution in [3.05, 3.63) is 34.4 Å². The summed E-state index contributed by atoms with van der Waals surface area (Å²) >= 11 is 0. The number of aryl methyl sites for hydroxylation is 3. The molecule has 1 heterocycles. The molecule has 0 atom stereocenters. The van der Waals surface area contributed by atoms with Crippen LogP contribution >= 0.6 is 0 Å². The summed E-state index contributed by atoms with van der Waals surface area (Å²) in [4.78, 5) is 0. The standard InChI is InChI=1S/C13H19NO/c1-9-5-11(3)12(6-10(9)2)13(14-4)7-15-8-13/h5-6,14H,7-8H2,1-4H3. The zero-order valence-electron chi connectivity index (χ0n) is 9.98. The number of ether oxygens (including phenoxy) is 1. The Morgan fingerprint density at radius 1 is 1.07 bits per heavy atom. The van der Waals surface area contributed by atoms with Gasteiger partial charge in [0.1, 0.15) is 0 Å². The number of rotatable bonds is 2. The molecule has 82 valence electrons. The van der Waals surface area contributed by atoms with Crippen molar-refractivity contribution in [3.63, 3.8) is 0 Å². The minimum absolute atomic E-state index is 0.0581. The van der Waals surface area contributed by atoms with Crippen LogP contribution < -0.4 is 5.32 Å². The molecule has 0 amide bonds. The van der Waals surface area contributed by atoms with Gasteiger partial charge in [-0.3, -0.25) is 0 Å². The largest absolute Gasteiger partial charge is 0.377 e. The molecule has 0 saturated carbocycles. The summed E-state index contributed by atoms with van der Waals surface area (Å²) < 4.78 is 5.35. The van der Waals surface area contributed by atoms with E-state index in [2.05, 4.69) is 38.2 Å². The lowest BCUT2D eigenvalue weighted by molar-refractivity contribution is -0.0751. The molecule has 1 fully saturated rings. The van der Waals surface area contributed by atoms with Crippen molar-refractivity contribution >= 4 is 0 Å². The monoisotopic (exact) mass is 205 g/mol. The van der Waals surface area contributed by atoms with E-state index in [0.29, 0.717) is 0 Å². The molecule has 0 aromatic heterocycles. The van der Waals surface area contributed by atoms with Crippen molar-refractivity contribution in [2.75, 3.05) is 20.3 Å². The molecule has 0 spiro atoms. The average molecular weight is 205 g/mol. The summed E-state index contributed by atoms with van der Waals surface area (Å²) in [5.74, 6) is 0. The zero-order valence-corrected chi connectivity index (χ0v) is 9.98. The number of benzene rings is 1. The van der Waals surface area contributed by atoms with Crippen LogP contribution in [0.15, 0.2) is 12.1 Å². The smallest absolute Gasteiger partial charge is 0.0908 e. The Morgan fingerprint density at radius 3 is 2.13 bits per heavy atom. The molecular weight excluding hydrogens is 186 g/mol. The lowest BCUT2D eigenvalue weighted by Gasteiger charge is -2.42. The third-order valence-corrected chi connectivity index (χ3v) is 3.53. The van der Waals surface area contributed by atoms with Crippen molar-refractivity contribution in [3.8, 4) is 0 Å². The molecule has 0 aliphatic carbocycles. The van der Waals surface area contributed by atoms with E-state index in [9.17, 15) is 0 Å². The van der Waals surface area contributed by atoms with Gasteiger partial charge in [-0.2, -0.15) is 0 Å². The summed E-state index contributed by atoms with van der Waals surface area (Å²) in [6, 6.07) is 4.56. The molecule has 2 rings (SSSR count). The van der Waals surface area contributed by atoms with Gasteiger partial charge < -0.3 is 10.1 Å². The maximum Gasteiger partial charge on any atom is 0.0908 e. The van der Waals surface area contributed by atoms with E-state index < -0.39 is 0 Å². The highest BCUT2D eigenvalue weighted by atomic mass is 16.5. The molecule has 15 heavy (non-hydrogen) atoms. The highest BCUT2D eigenvalue weighted by molar-refractivity contribution is 5.41. The zero-order chi connectivity index (χ0) is 11.1. The lowest BCUT2D eigenvalue weighted by Crippen LogP contribution is -2.56. The van der Waals surface area contributed by atoms with Crippen LogP contribution in [0.25, 0.3) is 0 Å². The first-order chi connectivity index (χ1) is 7.09. The minimum atomic E-state index is 0.0581. The highest BCUT2D eigenvalue weighted by Gasteiger charge is 2.39. The molecule has 0 radical (unpaired) electrons. The maximum absolute atomic E-state index is 5.35. The van der Waals surface area contributed by atoms with Crippen LogP contribution in [0.1, 0.15) is 22.3 Å². The van der Waals surface area contributed by atoms with Gasteiger partial charge in [0.05, 0.1) is 18.8 Å². The quantitative estimate of drug-likeness (QED) is 0.798. The predicted molar refractivity (Wildman–Crippen MR) is 62.2 cm³/mol. The molecule has 2 heteroatoms. The van der Waals surface area contributed by atoms with E-state index in [0.717, 1.165) is 13.2 Å². The van der Waals surface area contributed by atoms with Gasteiger partial charge >= 0.3 is 0 Å². The topological polar surface area (TPSA) is 21.3 Å². The van der Waals surface area contributed by atoms with Crippen molar-refractivity contribution < 1.29 is 4.74 Å². The molecular formula is C13H19NO. The second kappa shape index (κ2) is 3.62. The van der Waals surface area contributed by atoms with Gasteiger partial charge in [0.15, 0.2) is 0 Å². The molecule has 1 aromatic carbocycles. The van der Waals surface area contributed by atoms with E-state index in [1.807, 2.05) is 7.05 Å². The third kappa shape index (κ3) is 1.58. The van der Waals surface area contributed by atoms with Crippen molar-refractivity contribution in [2.45, 2.75) is 26.3 Å². The van der Waals surface area contributed by atoms with Crippen molar-refractivity contribution in [1.82, 2.24) is 5.32 Å².